The highest BCUT2D eigenvalue weighted by Crippen LogP contribution is 2.42. The Morgan fingerprint density at radius 3 is 2.04 bits per heavy atom. The standard InChI is InChI=1S/C20H25NO4/c1-21-9-8-13-10-18(24-4)19(25-5)12-15(13)20(21)14-6-7-16(22-2)17(11-14)23-3/h6-7,10-12,20H,8-9H2,1-5H3. The highest BCUT2D eigenvalue weighted by molar-refractivity contribution is 5.53. The molecular formula is C20H25NO4. The smallest absolute Gasteiger partial charge is 0.161 e. The minimum absolute atomic E-state index is 0.128. The molecular weight excluding hydrogens is 318 g/mol. The fraction of sp³-hybridized carbons (Fsp3) is 0.400. The topological polar surface area (TPSA) is 40.2 Å². The second-order valence-electron chi connectivity index (χ2n) is 6.15. The lowest BCUT2D eigenvalue weighted by molar-refractivity contribution is 0.261. The van der Waals surface area contributed by atoms with Gasteiger partial charge in [0.2, 0.25) is 0 Å². The summed E-state index contributed by atoms with van der Waals surface area (Å²) < 4.78 is 21.8. The number of methoxy groups -OCH3 is 4. The average Bonchev–Trinajstić information content (AvgIpc) is 2.66. The number of hydrogen-bond donors (Lipinski definition) is 0. The molecule has 1 heterocycles. The lowest BCUT2D eigenvalue weighted by Crippen LogP contribution is -2.33. The van der Waals surface area contributed by atoms with E-state index in [1.165, 1.54) is 11.1 Å². The number of rotatable bonds is 5. The Morgan fingerprint density at radius 1 is 0.800 bits per heavy atom. The van der Waals surface area contributed by atoms with E-state index in [1.54, 1.807) is 28.4 Å². The van der Waals surface area contributed by atoms with E-state index in [-0.39, 0.29) is 6.04 Å². The number of hydrogen-bond acceptors (Lipinski definition) is 5. The second-order valence-corrected chi connectivity index (χ2v) is 6.15. The molecule has 3 rings (SSSR count). The van der Waals surface area contributed by atoms with Crippen LogP contribution in [0.3, 0.4) is 0 Å². The molecule has 0 aromatic heterocycles. The molecule has 1 atom stereocenters. The van der Waals surface area contributed by atoms with Crippen LogP contribution in [0.15, 0.2) is 30.3 Å². The number of ether oxygens (including phenoxy) is 4. The Bertz CT molecular complexity index is 760. The van der Waals surface area contributed by atoms with Crippen LogP contribution in [-0.2, 0) is 6.42 Å². The summed E-state index contributed by atoms with van der Waals surface area (Å²) in [5.41, 5.74) is 3.68. The summed E-state index contributed by atoms with van der Waals surface area (Å²) in [4.78, 5) is 2.34. The van der Waals surface area contributed by atoms with E-state index in [1.807, 2.05) is 12.1 Å². The molecule has 1 aliphatic heterocycles. The molecule has 0 bridgehead atoms. The van der Waals surface area contributed by atoms with Gasteiger partial charge in [-0.25, -0.2) is 0 Å². The summed E-state index contributed by atoms with van der Waals surface area (Å²) in [5, 5.41) is 0. The molecule has 0 spiro atoms. The normalized spacial score (nSPS) is 16.9. The van der Waals surface area contributed by atoms with Crippen molar-refractivity contribution in [3.05, 3.63) is 47.0 Å². The van der Waals surface area contributed by atoms with E-state index in [2.05, 4.69) is 30.1 Å². The third kappa shape index (κ3) is 3.12. The molecule has 5 heteroatoms. The number of nitrogens with zero attached hydrogens (tertiary/aromatic N) is 1. The van der Waals surface area contributed by atoms with Gasteiger partial charge in [0.15, 0.2) is 23.0 Å². The zero-order valence-corrected chi connectivity index (χ0v) is 15.5. The van der Waals surface area contributed by atoms with Gasteiger partial charge in [-0.15, -0.1) is 0 Å². The highest BCUT2D eigenvalue weighted by Gasteiger charge is 2.28. The van der Waals surface area contributed by atoms with Gasteiger partial charge in [0.25, 0.3) is 0 Å². The van der Waals surface area contributed by atoms with Crippen LogP contribution in [0.1, 0.15) is 22.7 Å². The van der Waals surface area contributed by atoms with Crippen LogP contribution in [0, 0.1) is 0 Å². The van der Waals surface area contributed by atoms with Gasteiger partial charge in [-0.1, -0.05) is 6.07 Å². The monoisotopic (exact) mass is 343 g/mol. The maximum absolute atomic E-state index is 5.51. The van der Waals surface area contributed by atoms with Gasteiger partial charge in [0.1, 0.15) is 0 Å². The number of fused-ring (bicyclic) bond motifs is 1. The van der Waals surface area contributed by atoms with Crippen molar-refractivity contribution in [2.75, 3.05) is 42.0 Å². The Labute approximate surface area is 149 Å². The van der Waals surface area contributed by atoms with Crippen molar-refractivity contribution in [1.82, 2.24) is 4.90 Å². The first-order chi connectivity index (χ1) is 12.1. The third-order valence-corrected chi connectivity index (χ3v) is 4.84. The molecule has 5 nitrogen and oxygen atoms in total. The number of benzene rings is 2. The fourth-order valence-corrected chi connectivity index (χ4v) is 3.53. The Hall–Kier alpha value is -2.40. The maximum atomic E-state index is 5.51. The molecule has 0 fully saturated rings. The van der Waals surface area contributed by atoms with Gasteiger partial charge in [-0.2, -0.15) is 0 Å². The molecule has 0 saturated heterocycles. The van der Waals surface area contributed by atoms with Crippen molar-refractivity contribution >= 4 is 0 Å². The summed E-state index contributed by atoms with van der Waals surface area (Å²) >= 11 is 0. The van der Waals surface area contributed by atoms with Crippen molar-refractivity contribution in [2.45, 2.75) is 12.5 Å². The molecule has 25 heavy (non-hydrogen) atoms. The molecule has 0 aliphatic carbocycles. The lowest BCUT2D eigenvalue weighted by atomic mass is 9.88. The largest absolute Gasteiger partial charge is 0.493 e. The van der Waals surface area contributed by atoms with Crippen molar-refractivity contribution in [3.63, 3.8) is 0 Å². The Kier molecular flexibility index (Phi) is 5.04. The van der Waals surface area contributed by atoms with Crippen LogP contribution >= 0.6 is 0 Å². The molecule has 134 valence electrons. The van der Waals surface area contributed by atoms with E-state index in [0.717, 1.165) is 41.5 Å². The van der Waals surface area contributed by atoms with E-state index in [9.17, 15) is 0 Å². The summed E-state index contributed by atoms with van der Waals surface area (Å²) in [7, 11) is 8.79. The van der Waals surface area contributed by atoms with Crippen LogP contribution in [-0.4, -0.2) is 46.9 Å². The molecule has 0 saturated carbocycles. The van der Waals surface area contributed by atoms with Crippen LogP contribution in [0.5, 0.6) is 23.0 Å². The first kappa shape index (κ1) is 17.4. The molecule has 0 N–H and O–H groups in total. The van der Waals surface area contributed by atoms with Gasteiger partial charge < -0.3 is 18.9 Å². The summed E-state index contributed by atoms with van der Waals surface area (Å²) in [6.45, 7) is 0.974. The lowest BCUT2D eigenvalue weighted by Gasteiger charge is -2.35. The zero-order valence-electron chi connectivity index (χ0n) is 15.5. The van der Waals surface area contributed by atoms with Crippen molar-refractivity contribution < 1.29 is 18.9 Å². The van der Waals surface area contributed by atoms with Crippen LogP contribution < -0.4 is 18.9 Å². The van der Waals surface area contributed by atoms with Crippen LogP contribution in [0.25, 0.3) is 0 Å². The molecule has 1 unspecified atom stereocenters. The van der Waals surface area contributed by atoms with Crippen molar-refractivity contribution in [1.29, 1.82) is 0 Å². The van der Waals surface area contributed by atoms with Crippen LogP contribution in [0.4, 0.5) is 0 Å². The fourth-order valence-electron chi connectivity index (χ4n) is 3.53. The molecule has 2 aromatic carbocycles. The quantitative estimate of drug-likeness (QED) is 0.833. The van der Waals surface area contributed by atoms with Gasteiger partial charge in [-0.3, -0.25) is 4.90 Å². The summed E-state index contributed by atoms with van der Waals surface area (Å²) in [5.74, 6) is 3.00. The Morgan fingerprint density at radius 2 is 1.40 bits per heavy atom. The summed E-state index contributed by atoms with van der Waals surface area (Å²) in [6.07, 6.45) is 0.982. The van der Waals surface area contributed by atoms with Crippen LogP contribution in [0.2, 0.25) is 0 Å². The van der Waals surface area contributed by atoms with E-state index in [4.69, 9.17) is 18.9 Å². The first-order valence-electron chi connectivity index (χ1n) is 8.29. The van der Waals surface area contributed by atoms with Crippen molar-refractivity contribution in [3.8, 4) is 23.0 Å². The van der Waals surface area contributed by atoms with E-state index in [0.29, 0.717) is 0 Å². The minimum atomic E-state index is 0.128. The van der Waals surface area contributed by atoms with Gasteiger partial charge in [-0.05, 0) is 54.4 Å². The van der Waals surface area contributed by atoms with E-state index < -0.39 is 0 Å². The highest BCUT2D eigenvalue weighted by atomic mass is 16.5. The zero-order chi connectivity index (χ0) is 18.0. The molecule has 0 amide bonds. The summed E-state index contributed by atoms with van der Waals surface area (Å²) in [6, 6.07) is 10.4. The molecule has 1 aliphatic rings. The van der Waals surface area contributed by atoms with Gasteiger partial charge in [0, 0.05) is 6.54 Å². The molecule has 0 radical (unpaired) electrons. The Balaban J connectivity index is 2.11. The molecule has 2 aromatic rings. The average molecular weight is 343 g/mol. The number of likely N-dealkylation sites (N-methyl/N-ethyl adjacent to an activating group) is 1. The predicted octanol–water partition coefficient (Wildman–Crippen LogP) is 3.30. The predicted molar refractivity (Wildman–Crippen MR) is 97.3 cm³/mol. The van der Waals surface area contributed by atoms with Gasteiger partial charge >= 0.3 is 0 Å². The first-order valence-corrected chi connectivity index (χ1v) is 8.29. The third-order valence-electron chi connectivity index (χ3n) is 4.84. The van der Waals surface area contributed by atoms with Gasteiger partial charge in [0.05, 0.1) is 34.5 Å². The van der Waals surface area contributed by atoms with Crippen molar-refractivity contribution in [2.24, 2.45) is 0 Å². The second kappa shape index (κ2) is 7.23. The minimum Gasteiger partial charge on any atom is -0.493 e. The SMILES string of the molecule is COc1ccc(C2c3cc(OC)c(OC)cc3CCN2C)cc1OC. The maximum Gasteiger partial charge on any atom is 0.161 e. The van der Waals surface area contributed by atoms with E-state index >= 15 is 0 Å².